The van der Waals surface area contributed by atoms with Gasteiger partial charge in [0.25, 0.3) is 5.91 Å². The largest absolute Gasteiger partial charge is 0.457 e. The average molecular weight is 519 g/mol. The van der Waals surface area contributed by atoms with E-state index in [1.54, 1.807) is 12.1 Å². The zero-order valence-electron chi connectivity index (χ0n) is 16.5. The van der Waals surface area contributed by atoms with E-state index in [1.807, 2.05) is 5.32 Å². The second kappa shape index (κ2) is 9.44. The number of hydrogen-bond donors (Lipinski definition) is 1. The molecule has 0 unspecified atom stereocenters. The molecular weight excluding hydrogens is 509 g/mol. The number of hydrogen-bond acceptors (Lipinski definition) is 3. The summed E-state index contributed by atoms with van der Waals surface area (Å²) in [5, 5.41) is 11.8. The van der Waals surface area contributed by atoms with E-state index in [4.69, 9.17) is 27.6 Å². The topological polar surface area (TPSA) is 66.0 Å². The Kier molecular flexibility index (Phi) is 7.00. The van der Waals surface area contributed by atoms with Gasteiger partial charge in [0.1, 0.15) is 23.2 Å². The van der Waals surface area contributed by atoms with Crippen molar-refractivity contribution in [3.8, 4) is 17.4 Å². The average Bonchev–Trinajstić information content (AvgIpc) is 3.18. The molecule has 1 heterocycles. The first kappa shape index (κ1) is 25.2. The number of carbonyl (C=O) groups excluding carboxylic acids is 1. The monoisotopic (exact) mass is 518 g/mol. The molecule has 34 heavy (non-hydrogen) atoms. The molecule has 2 aromatic carbocycles. The fourth-order valence-corrected chi connectivity index (χ4v) is 3.32. The summed E-state index contributed by atoms with van der Waals surface area (Å²) >= 11 is 11.9. The summed E-state index contributed by atoms with van der Waals surface area (Å²) in [5.41, 5.74) is -4.16. The molecule has 3 aromatic rings. The molecule has 176 valence electrons. The number of amides is 1. The molecule has 0 fully saturated rings. The Hall–Kier alpha value is -3.42. The van der Waals surface area contributed by atoms with Gasteiger partial charge in [0.15, 0.2) is 0 Å². The molecule has 0 aliphatic carbocycles. The van der Waals surface area contributed by atoms with Gasteiger partial charge in [-0.2, -0.15) is 31.6 Å². The quantitative estimate of drug-likeness (QED) is 0.217. The highest BCUT2D eigenvalue weighted by atomic mass is 35.5. The molecule has 0 radical (unpaired) electrons. The van der Waals surface area contributed by atoms with Gasteiger partial charge in [-0.15, -0.1) is 0 Å². The number of nitrogens with one attached hydrogen (secondary N) is 1. The molecular formula is C22H10Cl2F6N2O2. The minimum atomic E-state index is -5.09. The predicted octanol–water partition coefficient (Wildman–Crippen LogP) is 7.84. The number of carbonyl (C=O) groups is 1. The van der Waals surface area contributed by atoms with E-state index < -0.39 is 40.6 Å². The Balaban J connectivity index is 1.90. The van der Waals surface area contributed by atoms with E-state index >= 15 is 0 Å². The van der Waals surface area contributed by atoms with Crippen molar-refractivity contribution < 1.29 is 35.6 Å². The molecule has 0 aliphatic rings. The van der Waals surface area contributed by atoms with Crippen LogP contribution >= 0.6 is 23.2 Å². The molecule has 1 aromatic heterocycles. The molecule has 0 spiro atoms. The van der Waals surface area contributed by atoms with Crippen LogP contribution in [0.4, 0.5) is 32.0 Å². The Bertz CT molecular complexity index is 1270. The number of rotatable bonds is 4. The van der Waals surface area contributed by atoms with Crippen LogP contribution < -0.4 is 5.32 Å². The maximum Gasteiger partial charge on any atom is 0.416 e. The van der Waals surface area contributed by atoms with Crippen molar-refractivity contribution in [2.24, 2.45) is 0 Å². The van der Waals surface area contributed by atoms with Gasteiger partial charge in [-0.3, -0.25) is 4.79 Å². The normalized spacial score (nSPS) is 12.4. The molecule has 0 aliphatic heterocycles. The molecule has 0 bridgehead atoms. The summed E-state index contributed by atoms with van der Waals surface area (Å²) in [7, 11) is 0. The first-order valence-corrected chi connectivity index (χ1v) is 9.81. The minimum absolute atomic E-state index is 0.0119. The van der Waals surface area contributed by atoms with E-state index in [-0.39, 0.29) is 17.6 Å². The van der Waals surface area contributed by atoms with Gasteiger partial charge in [0.2, 0.25) is 0 Å². The molecule has 3 rings (SSSR count). The van der Waals surface area contributed by atoms with Crippen LogP contribution in [0.5, 0.6) is 0 Å². The lowest BCUT2D eigenvalue weighted by Gasteiger charge is -2.14. The lowest BCUT2D eigenvalue weighted by molar-refractivity contribution is -0.143. The smallest absolute Gasteiger partial charge is 0.416 e. The third-order valence-corrected chi connectivity index (χ3v) is 4.71. The van der Waals surface area contributed by atoms with Crippen LogP contribution in [0.2, 0.25) is 10.0 Å². The Labute approximate surface area is 198 Å². The van der Waals surface area contributed by atoms with Gasteiger partial charge >= 0.3 is 12.4 Å². The Morgan fingerprint density at radius 3 is 1.97 bits per heavy atom. The maximum atomic E-state index is 13.0. The summed E-state index contributed by atoms with van der Waals surface area (Å²) in [6.45, 7) is 0. The fraction of sp³-hybridized carbons (Fsp3) is 0.0909. The number of halogens is 8. The molecule has 0 atom stereocenters. The van der Waals surface area contributed by atoms with E-state index in [1.165, 1.54) is 24.3 Å². The molecule has 1 N–H and O–H groups in total. The molecule has 0 saturated heterocycles. The van der Waals surface area contributed by atoms with Gasteiger partial charge in [-0.05, 0) is 48.5 Å². The highest BCUT2D eigenvalue weighted by Gasteiger charge is 2.37. The van der Waals surface area contributed by atoms with Crippen molar-refractivity contribution in [1.82, 2.24) is 0 Å². The number of furan rings is 1. The van der Waals surface area contributed by atoms with Crippen LogP contribution in [0.3, 0.4) is 0 Å². The number of alkyl halides is 6. The summed E-state index contributed by atoms with van der Waals surface area (Å²) in [4.78, 5) is 12.4. The SMILES string of the molecule is N#C/C(=C\c1ccc(-c2cc(Cl)cc(Cl)c2)o1)C(=O)Nc1cc(C(F)(F)F)cc(C(F)(F)F)c1. The number of nitriles is 1. The van der Waals surface area contributed by atoms with Gasteiger partial charge in [0, 0.05) is 27.4 Å². The van der Waals surface area contributed by atoms with Crippen LogP contribution in [-0.2, 0) is 17.1 Å². The van der Waals surface area contributed by atoms with Crippen molar-refractivity contribution >= 4 is 40.9 Å². The number of benzene rings is 2. The third-order valence-electron chi connectivity index (χ3n) is 4.27. The van der Waals surface area contributed by atoms with Crippen LogP contribution in [0.15, 0.2) is 58.5 Å². The maximum absolute atomic E-state index is 13.0. The first-order valence-electron chi connectivity index (χ1n) is 9.05. The van der Waals surface area contributed by atoms with Crippen molar-refractivity contribution in [1.29, 1.82) is 5.26 Å². The number of anilines is 1. The first-order chi connectivity index (χ1) is 15.8. The lowest BCUT2D eigenvalue weighted by Crippen LogP contribution is -2.16. The van der Waals surface area contributed by atoms with Gasteiger partial charge in [0.05, 0.1) is 11.1 Å². The van der Waals surface area contributed by atoms with Crippen LogP contribution in [0.1, 0.15) is 16.9 Å². The van der Waals surface area contributed by atoms with Crippen LogP contribution in [0, 0.1) is 11.3 Å². The summed E-state index contributed by atoms with van der Waals surface area (Å²) in [5.74, 6) is -0.947. The lowest BCUT2D eigenvalue weighted by atomic mass is 10.1. The Morgan fingerprint density at radius 1 is 0.912 bits per heavy atom. The predicted molar refractivity (Wildman–Crippen MR) is 113 cm³/mol. The van der Waals surface area contributed by atoms with Crippen molar-refractivity contribution in [3.05, 3.63) is 81.0 Å². The summed E-state index contributed by atoms with van der Waals surface area (Å²) in [6, 6.07) is 9.57. The van der Waals surface area contributed by atoms with Crippen molar-refractivity contribution in [2.45, 2.75) is 12.4 Å². The summed E-state index contributed by atoms with van der Waals surface area (Å²) in [6.07, 6.45) is -9.21. The van der Waals surface area contributed by atoms with Gasteiger partial charge in [-0.25, -0.2) is 0 Å². The third kappa shape index (κ3) is 6.12. The minimum Gasteiger partial charge on any atom is -0.457 e. The van der Waals surface area contributed by atoms with Crippen molar-refractivity contribution in [3.63, 3.8) is 0 Å². The zero-order chi connectivity index (χ0) is 25.3. The van der Waals surface area contributed by atoms with Crippen LogP contribution in [-0.4, -0.2) is 5.91 Å². The molecule has 4 nitrogen and oxygen atoms in total. The van der Waals surface area contributed by atoms with Gasteiger partial charge in [-0.1, -0.05) is 23.2 Å². The molecule has 1 amide bonds. The highest BCUT2D eigenvalue weighted by Crippen LogP contribution is 2.37. The summed E-state index contributed by atoms with van der Waals surface area (Å²) < 4.78 is 83.5. The van der Waals surface area contributed by atoms with E-state index in [9.17, 15) is 36.4 Å². The Morgan fingerprint density at radius 2 is 1.47 bits per heavy atom. The van der Waals surface area contributed by atoms with Crippen molar-refractivity contribution in [2.75, 3.05) is 5.32 Å². The van der Waals surface area contributed by atoms with Gasteiger partial charge < -0.3 is 9.73 Å². The molecule has 12 heteroatoms. The standard InChI is InChI=1S/C22H10Cl2F6N2O2/c23-15-3-11(4-16(24)9-15)19-2-1-18(34-19)5-12(10-31)20(33)32-17-7-13(21(25,26)27)6-14(8-17)22(28,29)30/h1-9H,(H,32,33)/b12-5+. The zero-order valence-corrected chi connectivity index (χ0v) is 18.0. The van der Waals surface area contributed by atoms with E-state index in [0.717, 1.165) is 6.08 Å². The van der Waals surface area contributed by atoms with Crippen LogP contribution in [0.25, 0.3) is 17.4 Å². The fourth-order valence-electron chi connectivity index (χ4n) is 2.80. The molecule has 0 saturated carbocycles. The van der Waals surface area contributed by atoms with E-state index in [2.05, 4.69) is 0 Å². The number of nitrogens with zero attached hydrogens (tertiary/aromatic N) is 1. The highest BCUT2D eigenvalue weighted by molar-refractivity contribution is 6.35. The van der Waals surface area contributed by atoms with E-state index in [0.29, 0.717) is 27.7 Å². The second-order valence-electron chi connectivity index (χ2n) is 6.78. The second-order valence-corrected chi connectivity index (χ2v) is 7.65.